The maximum Gasteiger partial charge on any atom is 0.260 e. The number of imide groups is 2. The molecule has 7 rings (SSSR count). The minimum Gasteiger partial charge on any atom is -0.507 e. The van der Waals surface area contributed by atoms with Crippen molar-refractivity contribution in [1.29, 1.82) is 0 Å². The number of carbonyl (C=O) groups excluding carboxylic acids is 4. The number of halogens is 2. The Morgan fingerprint density at radius 1 is 0.978 bits per heavy atom. The molecular weight excluding hydrogens is 617 g/mol. The fourth-order valence-corrected chi connectivity index (χ4v) is 8.17. The van der Waals surface area contributed by atoms with E-state index in [1.54, 1.807) is 30.3 Å². The number of anilines is 1. The van der Waals surface area contributed by atoms with Crippen molar-refractivity contribution >= 4 is 40.9 Å². The number of allylic oxidation sites excluding steroid dienone is 2. The lowest BCUT2D eigenvalue weighted by Gasteiger charge is -2.50. The number of amides is 4. The van der Waals surface area contributed by atoms with Crippen LogP contribution >= 0.6 is 11.6 Å². The predicted molar refractivity (Wildman–Crippen MR) is 163 cm³/mol. The van der Waals surface area contributed by atoms with E-state index in [2.05, 4.69) is 10.7 Å². The van der Waals surface area contributed by atoms with Crippen molar-refractivity contribution in [1.82, 2.24) is 10.3 Å². The number of phenolic OH excluding ortho intramolecular Hbond substituents is 1. The van der Waals surface area contributed by atoms with Gasteiger partial charge in [-0.3, -0.25) is 29.9 Å². The molecule has 12 heteroatoms. The SMILES string of the molecule is COc1cc(O)c(C2C3=CCC4C(=O)NC(=O)C4C3CC3C(=O)N(Nc4ccc(F)cc4)C(=O)C32c2ccc(Cl)cc2)c(OC)c1. The minimum absolute atomic E-state index is 0.0677. The molecule has 0 radical (unpaired) electrons. The lowest BCUT2D eigenvalue weighted by Crippen LogP contribution is -2.53. The van der Waals surface area contributed by atoms with Crippen LogP contribution < -0.4 is 20.2 Å². The van der Waals surface area contributed by atoms with Gasteiger partial charge < -0.3 is 14.6 Å². The smallest absolute Gasteiger partial charge is 0.260 e. The number of phenols is 1. The summed E-state index contributed by atoms with van der Waals surface area (Å²) >= 11 is 6.30. The van der Waals surface area contributed by atoms with Crippen molar-refractivity contribution in [3.63, 3.8) is 0 Å². The van der Waals surface area contributed by atoms with Gasteiger partial charge in [-0.25, -0.2) is 4.39 Å². The van der Waals surface area contributed by atoms with Crippen LogP contribution in [0, 0.1) is 29.5 Å². The van der Waals surface area contributed by atoms with Crippen LogP contribution in [0.15, 0.2) is 72.3 Å². The van der Waals surface area contributed by atoms with E-state index in [9.17, 15) is 23.9 Å². The van der Waals surface area contributed by atoms with Crippen molar-refractivity contribution in [2.45, 2.75) is 24.2 Å². The molecule has 0 bridgehead atoms. The molecule has 2 aliphatic heterocycles. The van der Waals surface area contributed by atoms with Crippen LogP contribution in [0.25, 0.3) is 0 Å². The van der Waals surface area contributed by atoms with Gasteiger partial charge in [-0.1, -0.05) is 35.4 Å². The van der Waals surface area contributed by atoms with Gasteiger partial charge in [0.15, 0.2) is 0 Å². The van der Waals surface area contributed by atoms with Gasteiger partial charge >= 0.3 is 0 Å². The highest BCUT2D eigenvalue weighted by Gasteiger charge is 2.70. The van der Waals surface area contributed by atoms with Gasteiger partial charge in [-0.05, 0) is 60.7 Å². The second-order valence-electron chi connectivity index (χ2n) is 12.0. The van der Waals surface area contributed by atoms with Crippen LogP contribution in [0.3, 0.4) is 0 Å². The molecule has 2 saturated heterocycles. The van der Waals surface area contributed by atoms with E-state index < -0.39 is 58.5 Å². The van der Waals surface area contributed by atoms with Crippen molar-refractivity contribution < 1.29 is 38.1 Å². The standard InChI is InChI=1S/C34H29ClFN3O7/c1-45-20-13-25(40)28(26(14-20)46-2)29-21-11-12-22-27(31(42)37-30(22)41)23(21)15-24-32(43)39(38-19-9-7-18(36)8-10-19)33(44)34(24,29)16-3-5-17(35)6-4-16/h3-11,13-14,22-24,27,29,38,40H,12,15H2,1-2H3,(H,37,41,42). The molecule has 46 heavy (non-hydrogen) atoms. The average Bonchev–Trinajstić information content (AvgIpc) is 3.46. The highest BCUT2D eigenvalue weighted by Crippen LogP contribution is 2.65. The van der Waals surface area contributed by atoms with Crippen LogP contribution in [0.4, 0.5) is 10.1 Å². The molecule has 3 aromatic carbocycles. The monoisotopic (exact) mass is 645 g/mol. The second kappa shape index (κ2) is 10.9. The molecule has 6 atom stereocenters. The molecule has 10 nitrogen and oxygen atoms in total. The molecule has 3 fully saturated rings. The van der Waals surface area contributed by atoms with E-state index in [0.29, 0.717) is 27.6 Å². The normalized spacial score (nSPS) is 28.2. The first-order valence-corrected chi connectivity index (χ1v) is 15.1. The van der Waals surface area contributed by atoms with Crippen LogP contribution in [0.2, 0.25) is 5.02 Å². The molecule has 3 aromatic rings. The number of hydrogen-bond acceptors (Lipinski definition) is 8. The highest BCUT2D eigenvalue weighted by molar-refractivity contribution is 6.30. The first kappa shape index (κ1) is 29.8. The summed E-state index contributed by atoms with van der Waals surface area (Å²) in [5.74, 6) is -6.35. The number of carbonyl (C=O) groups is 4. The Morgan fingerprint density at radius 3 is 2.37 bits per heavy atom. The summed E-state index contributed by atoms with van der Waals surface area (Å²) in [5.41, 5.74) is 2.84. The number of rotatable bonds is 6. The van der Waals surface area contributed by atoms with Crippen molar-refractivity contribution in [3.05, 3.63) is 94.3 Å². The molecule has 236 valence electrons. The summed E-state index contributed by atoms with van der Waals surface area (Å²) in [4.78, 5) is 55.7. The summed E-state index contributed by atoms with van der Waals surface area (Å²) in [7, 11) is 2.86. The number of fused-ring (bicyclic) bond motifs is 4. The molecule has 2 heterocycles. The van der Waals surface area contributed by atoms with E-state index in [-0.39, 0.29) is 35.8 Å². The molecule has 6 unspecified atom stereocenters. The molecule has 0 spiro atoms. The van der Waals surface area contributed by atoms with Gasteiger partial charge in [0.1, 0.15) is 23.1 Å². The third-order valence-corrected chi connectivity index (χ3v) is 10.2. The first-order valence-electron chi connectivity index (χ1n) is 14.8. The van der Waals surface area contributed by atoms with E-state index in [0.717, 1.165) is 5.01 Å². The van der Waals surface area contributed by atoms with Gasteiger partial charge in [-0.15, -0.1) is 0 Å². The number of methoxy groups -OCH3 is 2. The van der Waals surface area contributed by atoms with Gasteiger partial charge in [-0.2, -0.15) is 5.01 Å². The fourth-order valence-electron chi connectivity index (χ4n) is 8.04. The van der Waals surface area contributed by atoms with Crippen LogP contribution in [-0.2, 0) is 24.6 Å². The van der Waals surface area contributed by atoms with Crippen molar-refractivity contribution in [2.24, 2.45) is 23.7 Å². The van der Waals surface area contributed by atoms with Gasteiger partial charge in [0.05, 0.1) is 43.1 Å². The van der Waals surface area contributed by atoms with Gasteiger partial charge in [0.25, 0.3) is 11.8 Å². The third kappa shape index (κ3) is 4.21. The minimum atomic E-state index is -1.66. The van der Waals surface area contributed by atoms with Crippen LogP contribution in [-0.4, -0.2) is 48.0 Å². The Bertz CT molecular complexity index is 1830. The molecule has 0 aromatic heterocycles. The number of ether oxygens (including phenoxy) is 2. The Hall–Kier alpha value is -4.90. The lowest BCUT2D eigenvalue weighted by molar-refractivity contribution is -0.138. The third-order valence-electron chi connectivity index (χ3n) is 9.94. The Kier molecular flexibility index (Phi) is 7.04. The number of hydrogen-bond donors (Lipinski definition) is 3. The van der Waals surface area contributed by atoms with Crippen molar-refractivity contribution in [3.8, 4) is 17.2 Å². The lowest BCUT2D eigenvalue weighted by atomic mass is 9.49. The van der Waals surface area contributed by atoms with Crippen LogP contribution in [0.5, 0.6) is 17.2 Å². The number of aromatic hydroxyl groups is 1. The zero-order valence-corrected chi connectivity index (χ0v) is 25.5. The van der Waals surface area contributed by atoms with Crippen LogP contribution in [0.1, 0.15) is 29.9 Å². The van der Waals surface area contributed by atoms with E-state index in [1.165, 1.54) is 44.6 Å². The highest BCUT2D eigenvalue weighted by atomic mass is 35.5. The molecule has 4 aliphatic rings. The van der Waals surface area contributed by atoms with Gasteiger partial charge in [0, 0.05) is 28.6 Å². The number of nitrogens with one attached hydrogen (secondary N) is 2. The maximum absolute atomic E-state index is 15.1. The second-order valence-corrected chi connectivity index (χ2v) is 12.4. The Morgan fingerprint density at radius 2 is 1.70 bits per heavy atom. The topological polar surface area (TPSA) is 134 Å². The summed E-state index contributed by atoms with van der Waals surface area (Å²) < 4.78 is 24.9. The number of nitrogens with zero attached hydrogens (tertiary/aromatic N) is 1. The molecule has 4 amide bonds. The molecular formula is C34H29ClFN3O7. The van der Waals surface area contributed by atoms with Gasteiger partial charge in [0.2, 0.25) is 11.8 Å². The zero-order valence-electron chi connectivity index (χ0n) is 24.8. The Labute approximate surface area is 268 Å². The van der Waals surface area contributed by atoms with E-state index >= 15 is 4.79 Å². The number of benzene rings is 3. The Balaban J connectivity index is 1.52. The van der Waals surface area contributed by atoms with Crippen molar-refractivity contribution in [2.75, 3.05) is 19.6 Å². The molecule has 2 aliphatic carbocycles. The summed E-state index contributed by atoms with van der Waals surface area (Å²) in [6, 6.07) is 14.8. The molecule has 3 N–H and O–H groups in total. The molecule has 1 saturated carbocycles. The summed E-state index contributed by atoms with van der Waals surface area (Å²) in [6.07, 6.45) is 2.16. The zero-order chi connectivity index (χ0) is 32.5. The summed E-state index contributed by atoms with van der Waals surface area (Å²) in [6.45, 7) is 0. The maximum atomic E-state index is 15.1. The largest absolute Gasteiger partial charge is 0.507 e. The predicted octanol–water partition coefficient (Wildman–Crippen LogP) is 4.47. The van der Waals surface area contributed by atoms with E-state index in [4.69, 9.17) is 21.1 Å². The quantitative estimate of drug-likeness (QED) is 0.264. The fraction of sp³-hybridized carbons (Fsp3) is 0.294. The van der Waals surface area contributed by atoms with E-state index in [1.807, 2.05) is 6.08 Å². The summed E-state index contributed by atoms with van der Waals surface area (Å²) in [5, 5.41) is 15.4. The average molecular weight is 646 g/mol. The number of hydrazine groups is 1. The first-order chi connectivity index (χ1) is 22.1.